The van der Waals surface area contributed by atoms with Gasteiger partial charge in [0.25, 0.3) is 0 Å². The SMILES string of the molecule is O=C(CN1CC[C@H](O)C1)NCC1CCCCC1. The van der Waals surface area contributed by atoms with Crippen molar-refractivity contribution in [3.05, 3.63) is 0 Å². The van der Waals surface area contributed by atoms with Crippen molar-refractivity contribution >= 4 is 5.91 Å². The monoisotopic (exact) mass is 240 g/mol. The van der Waals surface area contributed by atoms with Gasteiger partial charge in [-0.3, -0.25) is 9.69 Å². The maximum absolute atomic E-state index is 11.7. The third-order valence-corrected chi connectivity index (χ3v) is 3.93. The van der Waals surface area contributed by atoms with E-state index in [-0.39, 0.29) is 12.0 Å². The highest BCUT2D eigenvalue weighted by Gasteiger charge is 2.22. The van der Waals surface area contributed by atoms with Gasteiger partial charge in [0, 0.05) is 19.6 Å². The fourth-order valence-electron chi connectivity index (χ4n) is 2.86. The molecule has 17 heavy (non-hydrogen) atoms. The second kappa shape index (κ2) is 6.36. The van der Waals surface area contributed by atoms with E-state index in [9.17, 15) is 9.90 Å². The zero-order valence-electron chi connectivity index (χ0n) is 10.5. The highest BCUT2D eigenvalue weighted by Crippen LogP contribution is 2.22. The first kappa shape index (κ1) is 12.8. The summed E-state index contributed by atoms with van der Waals surface area (Å²) < 4.78 is 0. The minimum absolute atomic E-state index is 0.115. The molecule has 1 amide bonds. The zero-order chi connectivity index (χ0) is 12.1. The summed E-state index contributed by atoms with van der Waals surface area (Å²) >= 11 is 0. The van der Waals surface area contributed by atoms with Crippen LogP contribution in [0.1, 0.15) is 38.5 Å². The van der Waals surface area contributed by atoms with Gasteiger partial charge in [-0.1, -0.05) is 19.3 Å². The fourth-order valence-corrected chi connectivity index (χ4v) is 2.86. The highest BCUT2D eigenvalue weighted by atomic mass is 16.3. The van der Waals surface area contributed by atoms with Gasteiger partial charge < -0.3 is 10.4 Å². The Balaban J connectivity index is 1.60. The molecule has 2 fully saturated rings. The van der Waals surface area contributed by atoms with E-state index in [1.54, 1.807) is 0 Å². The number of nitrogens with one attached hydrogen (secondary N) is 1. The molecule has 1 saturated carbocycles. The molecule has 0 spiro atoms. The second-order valence-electron chi connectivity index (χ2n) is 5.49. The van der Waals surface area contributed by atoms with Crippen molar-refractivity contribution in [1.82, 2.24) is 10.2 Å². The van der Waals surface area contributed by atoms with Gasteiger partial charge in [-0.25, -0.2) is 0 Å². The summed E-state index contributed by atoms with van der Waals surface area (Å²) in [6, 6.07) is 0. The molecule has 2 rings (SSSR count). The number of nitrogens with zero attached hydrogens (tertiary/aromatic N) is 1. The molecule has 1 heterocycles. The topological polar surface area (TPSA) is 52.6 Å². The average Bonchev–Trinajstić information content (AvgIpc) is 2.73. The van der Waals surface area contributed by atoms with Crippen molar-refractivity contribution in [3.63, 3.8) is 0 Å². The molecule has 0 unspecified atom stereocenters. The standard InChI is InChI=1S/C13H24N2O2/c16-12-6-7-15(9-12)10-13(17)14-8-11-4-2-1-3-5-11/h11-12,16H,1-10H2,(H,14,17)/t12-/m0/s1. The van der Waals surface area contributed by atoms with Crippen LogP contribution in [0.5, 0.6) is 0 Å². The highest BCUT2D eigenvalue weighted by molar-refractivity contribution is 5.78. The van der Waals surface area contributed by atoms with Crippen LogP contribution in [0.2, 0.25) is 0 Å². The Morgan fingerprint density at radius 1 is 1.24 bits per heavy atom. The van der Waals surface area contributed by atoms with Crippen LogP contribution in [-0.4, -0.2) is 48.2 Å². The number of likely N-dealkylation sites (tertiary alicyclic amines) is 1. The van der Waals surface area contributed by atoms with E-state index in [1.807, 2.05) is 4.90 Å². The normalized spacial score (nSPS) is 27.2. The molecular weight excluding hydrogens is 216 g/mol. The van der Waals surface area contributed by atoms with E-state index in [0.29, 0.717) is 19.0 Å². The number of carbonyl (C=O) groups excluding carboxylic acids is 1. The van der Waals surface area contributed by atoms with Gasteiger partial charge in [-0.15, -0.1) is 0 Å². The van der Waals surface area contributed by atoms with Crippen molar-refractivity contribution in [1.29, 1.82) is 0 Å². The van der Waals surface area contributed by atoms with E-state index in [4.69, 9.17) is 0 Å². The van der Waals surface area contributed by atoms with Gasteiger partial charge in [0.15, 0.2) is 0 Å². The van der Waals surface area contributed by atoms with Crippen LogP contribution < -0.4 is 5.32 Å². The van der Waals surface area contributed by atoms with Gasteiger partial charge in [-0.2, -0.15) is 0 Å². The molecule has 1 aliphatic carbocycles. The summed E-state index contributed by atoms with van der Waals surface area (Å²) in [6.45, 7) is 2.79. The van der Waals surface area contributed by atoms with Gasteiger partial charge in [0.05, 0.1) is 12.6 Å². The van der Waals surface area contributed by atoms with Gasteiger partial charge in [0.1, 0.15) is 0 Å². The molecule has 0 bridgehead atoms. The van der Waals surface area contributed by atoms with E-state index >= 15 is 0 Å². The van der Waals surface area contributed by atoms with Gasteiger partial charge in [-0.05, 0) is 25.2 Å². The first-order valence-corrected chi connectivity index (χ1v) is 6.91. The average molecular weight is 240 g/mol. The summed E-state index contributed by atoms with van der Waals surface area (Å²) in [5, 5.41) is 12.4. The minimum atomic E-state index is -0.235. The van der Waals surface area contributed by atoms with Crippen LogP contribution in [0, 0.1) is 5.92 Å². The molecule has 2 aliphatic rings. The van der Waals surface area contributed by atoms with E-state index in [1.165, 1.54) is 32.1 Å². The van der Waals surface area contributed by atoms with E-state index < -0.39 is 0 Å². The van der Waals surface area contributed by atoms with Crippen molar-refractivity contribution in [2.24, 2.45) is 5.92 Å². The number of hydrogen-bond acceptors (Lipinski definition) is 3. The van der Waals surface area contributed by atoms with E-state index in [2.05, 4.69) is 5.32 Å². The molecule has 4 heteroatoms. The fraction of sp³-hybridized carbons (Fsp3) is 0.923. The summed E-state index contributed by atoms with van der Waals surface area (Å²) in [5.74, 6) is 0.807. The van der Waals surface area contributed by atoms with Gasteiger partial charge >= 0.3 is 0 Å². The lowest BCUT2D eigenvalue weighted by molar-refractivity contribution is -0.122. The molecule has 1 saturated heterocycles. The van der Waals surface area contributed by atoms with Crippen molar-refractivity contribution < 1.29 is 9.90 Å². The molecule has 0 aromatic carbocycles. The number of carbonyl (C=O) groups is 1. The van der Waals surface area contributed by atoms with Crippen molar-refractivity contribution in [2.75, 3.05) is 26.2 Å². The van der Waals surface area contributed by atoms with Gasteiger partial charge in [0.2, 0.25) is 5.91 Å². The van der Waals surface area contributed by atoms with Crippen LogP contribution in [0.4, 0.5) is 0 Å². The van der Waals surface area contributed by atoms with E-state index in [0.717, 1.165) is 19.5 Å². The lowest BCUT2D eigenvalue weighted by atomic mass is 9.89. The Morgan fingerprint density at radius 2 is 2.00 bits per heavy atom. The number of aliphatic hydroxyl groups excluding tert-OH is 1. The number of aliphatic hydroxyl groups is 1. The predicted octanol–water partition coefficient (Wildman–Crippen LogP) is 0.749. The smallest absolute Gasteiger partial charge is 0.234 e. The van der Waals surface area contributed by atoms with Crippen molar-refractivity contribution in [3.8, 4) is 0 Å². The zero-order valence-corrected chi connectivity index (χ0v) is 10.5. The third kappa shape index (κ3) is 4.28. The summed E-state index contributed by atoms with van der Waals surface area (Å²) in [5.41, 5.74) is 0. The lowest BCUT2D eigenvalue weighted by Crippen LogP contribution is -2.38. The number of hydrogen-bond donors (Lipinski definition) is 2. The number of β-amino-alcohol motifs (C(OH)–C–C–N with tert-alkyl or cyclic N) is 1. The second-order valence-corrected chi connectivity index (χ2v) is 5.49. The molecule has 4 nitrogen and oxygen atoms in total. The Labute approximate surface area is 103 Å². The molecule has 0 aromatic rings. The molecule has 0 aromatic heterocycles. The third-order valence-electron chi connectivity index (χ3n) is 3.93. The Hall–Kier alpha value is -0.610. The molecule has 1 aliphatic heterocycles. The maximum atomic E-state index is 11.7. The predicted molar refractivity (Wildman–Crippen MR) is 66.6 cm³/mol. The molecular formula is C13H24N2O2. The van der Waals surface area contributed by atoms with Crippen LogP contribution >= 0.6 is 0 Å². The van der Waals surface area contributed by atoms with Crippen LogP contribution in [0.3, 0.4) is 0 Å². The van der Waals surface area contributed by atoms with Crippen molar-refractivity contribution in [2.45, 2.75) is 44.6 Å². The lowest BCUT2D eigenvalue weighted by Gasteiger charge is -2.22. The summed E-state index contributed by atoms with van der Waals surface area (Å²) in [4.78, 5) is 13.7. The molecule has 2 N–H and O–H groups in total. The van der Waals surface area contributed by atoms with Crippen LogP contribution in [0.25, 0.3) is 0 Å². The summed E-state index contributed by atoms with van der Waals surface area (Å²) in [6.07, 6.45) is 7.09. The molecule has 0 radical (unpaired) electrons. The minimum Gasteiger partial charge on any atom is -0.392 e. The summed E-state index contributed by atoms with van der Waals surface area (Å²) in [7, 11) is 0. The Morgan fingerprint density at radius 3 is 2.65 bits per heavy atom. The first-order valence-electron chi connectivity index (χ1n) is 6.91. The number of amides is 1. The number of rotatable bonds is 4. The van der Waals surface area contributed by atoms with Crippen LogP contribution in [0.15, 0.2) is 0 Å². The van der Waals surface area contributed by atoms with Crippen LogP contribution in [-0.2, 0) is 4.79 Å². The quantitative estimate of drug-likeness (QED) is 0.762. The Kier molecular flexibility index (Phi) is 4.80. The maximum Gasteiger partial charge on any atom is 0.234 e. The molecule has 98 valence electrons. The first-order chi connectivity index (χ1) is 8.24. The Bertz CT molecular complexity index is 252. The molecule has 1 atom stereocenters. The largest absolute Gasteiger partial charge is 0.392 e.